The van der Waals surface area contributed by atoms with Gasteiger partial charge in [-0.2, -0.15) is 0 Å². The van der Waals surface area contributed by atoms with E-state index in [2.05, 4.69) is 0 Å². The van der Waals surface area contributed by atoms with Gasteiger partial charge in [0.05, 0.1) is 0 Å². The third-order valence-electron chi connectivity index (χ3n) is 0. The molecular formula is CH3CoFeLiNiO3. The van der Waals surface area contributed by atoms with Crippen LogP contribution in [0.15, 0.2) is 0 Å². The zero-order valence-corrected chi connectivity index (χ0v) is 5.94. The quantitative estimate of drug-likeness (QED) is 0.568. The predicted octanol–water partition coefficient (Wildman–Crippen LogP) is -0.434. The van der Waals surface area contributed by atoms with E-state index < -0.39 is 6.16 Å². The molecule has 0 spiro atoms. The van der Waals surface area contributed by atoms with Crippen molar-refractivity contribution in [3.05, 3.63) is 0 Å². The Hall–Kier alpha value is 1.39. The van der Waals surface area contributed by atoms with Crippen molar-refractivity contribution in [1.29, 1.82) is 0 Å². The van der Waals surface area contributed by atoms with E-state index in [1.54, 1.807) is 0 Å². The SMILES string of the molecule is O=C(O)O.[Co].[Fe].[LiH].[Ni]. The molecule has 0 bridgehead atoms. The summed E-state index contributed by atoms with van der Waals surface area (Å²) in [6.45, 7) is 0. The standard InChI is InChI=1S/CH2O3.Co.Fe.Li.Ni.H/c2-1(3)4;;;;;/h(H2,2,3,4);;;;;. The molecule has 0 saturated heterocycles. The Morgan fingerprint density at radius 2 is 1.25 bits per heavy atom. The van der Waals surface area contributed by atoms with Gasteiger partial charge < -0.3 is 10.2 Å². The summed E-state index contributed by atoms with van der Waals surface area (Å²) in [7, 11) is 0. The van der Waals surface area contributed by atoms with Gasteiger partial charge in [-0.1, -0.05) is 0 Å². The number of carbonyl (C=O) groups is 1. The van der Waals surface area contributed by atoms with Crippen LogP contribution in [0, 0.1) is 0 Å². The van der Waals surface area contributed by atoms with Crippen LogP contribution in [0.25, 0.3) is 0 Å². The number of carboxylic acid groups (broad SMARTS) is 2. The third kappa shape index (κ3) is 157. The van der Waals surface area contributed by atoms with Crippen molar-refractivity contribution < 1.29 is 65.3 Å². The van der Waals surface area contributed by atoms with Crippen molar-refractivity contribution in [2.24, 2.45) is 0 Å². The van der Waals surface area contributed by atoms with E-state index in [1.807, 2.05) is 0 Å². The van der Waals surface area contributed by atoms with Crippen molar-refractivity contribution in [2.45, 2.75) is 0 Å². The van der Waals surface area contributed by atoms with Crippen molar-refractivity contribution in [2.75, 3.05) is 0 Å². The third-order valence-corrected chi connectivity index (χ3v) is 0. The van der Waals surface area contributed by atoms with Crippen LogP contribution < -0.4 is 0 Å². The van der Waals surface area contributed by atoms with Crippen molar-refractivity contribution in [3.8, 4) is 0 Å². The van der Waals surface area contributed by atoms with Crippen molar-refractivity contribution >= 4 is 25.0 Å². The van der Waals surface area contributed by atoms with Crippen LogP contribution in [0.2, 0.25) is 0 Å². The van der Waals surface area contributed by atoms with Gasteiger partial charge in [-0.25, -0.2) is 4.79 Å². The van der Waals surface area contributed by atoms with E-state index in [1.165, 1.54) is 0 Å². The molecule has 0 aliphatic rings. The van der Waals surface area contributed by atoms with E-state index in [0.717, 1.165) is 0 Å². The van der Waals surface area contributed by atoms with Crippen LogP contribution in [0.3, 0.4) is 0 Å². The van der Waals surface area contributed by atoms with Gasteiger partial charge in [-0.3, -0.25) is 0 Å². The maximum absolute atomic E-state index is 8.56. The van der Waals surface area contributed by atoms with Crippen LogP contribution in [0.5, 0.6) is 0 Å². The minimum Gasteiger partial charge on any atom is 0 e. The molecule has 53 valence electrons. The Balaban J connectivity index is -0.00000000750. The van der Waals surface area contributed by atoms with Gasteiger partial charge in [0.1, 0.15) is 0 Å². The molecule has 1 radical (unpaired) electrons. The summed E-state index contributed by atoms with van der Waals surface area (Å²) in [5.41, 5.74) is 0. The molecule has 2 N–H and O–H groups in total. The Morgan fingerprint density at radius 3 is 1.25 bits per heavy atom. The molecule has 0 saturated carbocycles. The molecule has 7 heteroatoms. The average Bonchev–Trinajstić information content (AvgIpc) is 0.811. The summed E-state index contributed by atoms with van der Waals surface area (Å²) in [6, 6.07) is 0. The van der Waals surface area contributed by atoms with E-state index >= 15 is 0 Å². The molecule has 8 heavy (non-hydrogen) atoms. The zero-order chi connectivity index (χ0) is 3.58. The van der Waals surface area contributed by atoms with Crippen LogP contribution in [0.1, 0.15) is 0 Å². The van der Waals surface area contributed by atoms with Gasteiger partial charge in [0, 0.05) is 50.3 Å². The zero-order valence-electron chi connectivity index (χ0n) is 2.81. The number of hydrogen-bond donors (Lipinski definition) is 2. The number of rotatable bonds is 0. The fourth-order valence-electron chi connectivity index (χ4n) is 0. The average molecular weight is 243 g/mol. The van der Waals surface area contributed by atoms with Gasteiger partial charge in [-0.05, 0) is 0 Å². The second-order valence-corrected chi connectivity index (χ2v) is 0.283. The molecule has 0 atom stereocenters. The fourth-order valence-corrected chi connectivity index (χ4v) is 0. The maximum atomic E-state index is 8.56. The molecule has 0 aliphatic heterocycles. The van der Waals surface area contributed by atoms with Crippen molar-refractivity contribution in [1.82, 2.24) is 0 Å². The van der Waals surface area contributed by atoms with Gasteiger partial charge in [0.15, 0.2) is 0 Å². The molecular weight excluding hydrogens is 240 g/mol. The number of hydrogen-bond acceptors (Lipinski definition) is 1. The molecule has 0 aromatic rings. The van der Waals surface area contributed by atoms with Crippen LogP contribution in [-0.4, -0.2) is 35.2 Å². The summed E-state index contributed by atoms with van der Waals surface area (Å²) in [4.78, 5) is 8.56. The molecule has 0 unspecified atom stereocenters. The largest absolute Gasteiger partial charge is 0 e. The molecule has 0 amide bonds. The predicted molar refractivity (Wildman–Crippen MR) is 17.8 cm³/mol. The molecule has 0 rings (SSSR count). The second-order valence-electron chi connectivity index (χ2n) is 0.283. The van der Waals surface area contributed by atoms with Crippen LogP contribution >= 0.6 is 0 Å². The van der Waals surface area contributed by atoms with Gasteiger partial charge in [0.25, 0.3) is 0 Å². The van der Waals surface area contributed by atoms with E-state index in [-0.39, 0.29) is 69.2 Å². The summed E-state index contributed by atoms with van der Waals surface area (Å²) in [5.74, 6) is 0. The Kier molecular flexibility index (Phi) is 102. The molecule has 0 heterocycles. The first-order chi connectivity index (χ1) is 1.73. The van der Waals surface area contributed by atoms with Gasteiger partial charge in [-0.15, -0.1) is 0 Å². The minimum absolute atomic E-state index is 0. The summed E-state index contributed by atoms with van der Waals surface area (Å²) in [5, 5.41) is 13.9. The van der Waals surface area contributed by atoms with Crippen LogP contribution in [0.4, 0.5) is 4.79 Å². The first-order valence-corrected chi connectivity index (χ1v) is 0.651. The molecule has 0 aromatic carbocycles. The summed E-state index contributed by atoms with van der Waals surface area (Å²) >= 11 is 0. The van der Waals surface area contributed by atoms with Crippen LogP contribution in [-0.2, 0) is 50.3 Å². The van der Waals surface area contributed by atoms with E-state index in [4.69, 9.17) is 15.0 Å². The Bertz CT molecular complexity index is 42.3. The van der Waals surface area contributed by atoms with E-state index in [9.17, 15) is 0 Å². The topological polar surface area (TPSA) is 57.5 Å². The first-order valence-electron chi connectivity index (χ1n) is 0.651. The molecule has 3 nitrogen and oxygen atoms in total. The molecule has 0 aliphatic carbocycles. The molecule has 0 fully saturated rings. The monoisotopic (exact) mass is 243 g/mol. The van der Waals surface area contributed by atoms with E-state index in [0.29, 0.717) is 0 Å². The Morgan fingerprint density at radius 1 is 1.25 bits per heavy atom. The summed E-state index contributed by atoms with van der Waals surface area (Å²) in [6.07, 6.45) is -1.83. The Labute approximate surface area is 89.7 Å². The summed E-state index contributed by atoms with van der Waals surface area (Å²) < 4.78 is 0. The second kappa shape index (κ2) is 23.8. The smallest absolute Gasteiger partial charge is 0 e. The minimum atomic E-state index is -1.83. The molecule has 0 aromatic heterocycles. The van der Waals surface area contributed by atoms with Gasteiger partial charge in [0.2, 0.25) is 0 Å². The maximum Gasteiger partial charge on any atom is 0 e. The van der Waals surface area contributed by atoms with Gasteiger partial charge >= 0.3 is 25.0 Å². The fraction of sp³-hybridized carbons (Fsp3) is 0. The normalized spacial score (nSPS) is 3.00. The van der Waals surface area contributed by atoms with Crippen molar-refractivity contribution in [3.63, 3.8) is 0 Å². The first kappa shape index (κ1) is 34.3.